The Morgan fingerprint density at radius 1 is 0.826 bits per heavy atom. The average Bonchev–Trinajstić information content (AvgIpc) is 3.48. The molecule has 23 heavy (non-hydrogen) atoms. The average molecular weight is 357 g/mol. The molecule has 128 valence electrons. The van der Waals surface area contributed by atoms with Crippen LogP contribution in [0.5, 0.6) is 0 Å². The number of hydrogen-bond acceptors (Lipinski definition) is 3. The second kappa shape index (κ2) is 1.18. The van der Waals surface area contributed by atoms with Gasteiger partial charge in [0.25, 0.3) is 0 Å². The normalized spacial score (nSPS) is 99.6. The molecule has 4 unspecified atom stereocenters. The van der Waals surface area contributed by atoms with Crippen LogP contribution in [0, 0.1) is 5.92 Å². The molecule has 0 aromatic heterocycles. The molecule has 0 aliphatic carbocycles. The first-order valence-electron chi connectivity index (χ1n) is 10.2. The summed E-state index contributed by atoms with van der Waals surface area (Å²) in [6, 6.07) is 0. The summed E-state index contributed by atoms with van der Waals surface area (Å²) in [4.78, 5) is 14.0. The predicted octanol–water partition coefficient (Wildman–Crippen LogP) is 4.12. The monoisotopic (exact) mass is 357 g/mol. The first-order valence-corrected chi connectivity index (χ1v) is 16.5. The van der Waals surface area contributed by atoms with Gasteiger partial charge in [-0.15, -0.1) is 0 Å². The van der Waals surface area contributed by atoms with Crippen molar-refractivity contribution in [3.05, 3.63) is 0 Å². The molecule has 0 aromatic rings. The molecule has 0 amide bonds. The number of rotatable bonds is 1. The Bertz CT molecular complexity index is 990. The molecule has 12 fully saturated rings. The minimum absolute atomic E-state index is 0.108. The Labute approximate surface area is 127 Å². The molecule has 1 spiro atoms. The van der Waals surface area contributed by atoms with E-state index >= 15 is 0 Å². The van der Waals surface area contributed by atoms with Crippen LogP contribution >= 0.6 is 0 Å². The van der Waals surface area contributed by atoms with Crippen molar-refractivity contribution < 1.29 is 16.0 Å². The van der Waals surface area contributed by atoms with Gasteiger partial charge in [0, 0.05) is 5.92 Å². The zero-order chi connectivity index (χ0) is 14.5. The van der Waals surface area contributed by atoms with Crippen LogP contribution in [-0.4, -0.2) is 32.6 Å². The maximum atomic E-state index is 5.44. The summed E-state index contributed by atoms with van der Waals surface area (Å²) in [6.45, 7) is 4.18. The predicted molar refractivity (Wildman–Crippen MR) is 83.4 cm³/mol. The van der Waals surface area contributed by atoms with Crippen molar-refractivity contribution in [2.45, 2.75) is 73.7 Å². The summed E-state index contributed by atoms with van der Waals surface area (Å²) in [7, 11) is 0. The summed E-state index contributed by atoms with van der Waals surface area (Å²) >= 11 is 0. The van der Waals surface area contributed by atoms with Crippen molar-refractivity contribution in [2.24, 2.45) is 5.92 Å². The van der Waals surface area contributed by atoms with Crippen molar-refractivity contribution in [3.63, 3.8) is 0 Å². The molecular weight excluding hydrogens is 330 g/mol. The topological polar surface area (TPSA) is 30.5 Å². The third-order valence-electron chi connectivity index (χ3n) is 17.8. The van der Waals surface area contributed by atoms with Gasteiger partial charge in [-0.3, -0.25) is 0 Å². The summed E-state index contributed by atoms with van der Waals surface area (Å²) in [5.74, 6) is 0.638. The second-order valence-electron chi connectivity index (χ2n) is 13.3. The third kappa shape index (κ3) is 0.173. The van der Waals surface area contributed by atoms with Gasteiger partial charge >= 0.3 is 61.1 Å². The molecular formula is C19H27FeNO2. The fourth-order valence-electron chi connectivity index (χ4n) is 19.1. The zero-order valence-electron chi connectivity index (χ0n) is 13.8. The van der Waals surface area contributed by atoms with Crippen LogP contribution in [0.25, 0.3) is 0 Å². The van der Waals surface area contributed by atoms with Crippen molar-refractivity contribution in [3.8, 4) is 0 Å². The van der Waals surface area contributed by atoms with Gasteiger partial charge in [-0.25, -0.2) is 0 Å². The quantitative estimate of drug-likeness (QED) is 0.716. The summed E-state index contributed by atoms with van der Waals surface area (Å²) < 4.78 is 12.1. The molecule has 0 bridgehead atoms. The summed E-state index contributed by atoms with van der Waals surface area (Å²) in [5.41, 5.74) is 0. The van der Waals surface area contributed by atoms with E-state index < -0.39 is 6.51 Å². The molecule has 0 saturated carbocycles. The van der Waals surface area contributed by atoms with Gasteiger partial charge in [0.1, 0.15) is 0 Å². The van der Waals surface area contributed by atoms with E-state index in [4.69, 9.17) is 9.47 Å². The van der Waals surface area contributed by atoms with Crippen LogP contribution < -0.4 is 5.32 Å². The van der Waals surface area contributed by atoms with Gasteiger partial charge in [-0.05, 0) is 25.9 Å². The van der Waals surface area contributed by atoms with Crippen LogP contribution in [-0.2, 0) is 16.0 Å². The van der Waals surface area contributed by atoms with Gasteiger partial charge in [0.15, 0.2) is 6.29 Å². The van der Waals surface area contributed by atoms with Gasteiger partial charge in [-0.2, -0.15) is 0 Å². The molecule has 0 radical (unpaired) electrons. The molecule has 12 aliphatic rings. The van der Waals surface area contributed by atoms with Gasteiger partial charge in [0.05, 0.1) is 13.2 Å². The maximum absolute atomic E-state index is 5.44. The molecule has 3 nitrogen and oxygen atoms in total. The summed E-state index contributed by atoms with van der Waals surface area (Å²) in [6.07, 6.45) is 2.51. The number of fused-ring (bicyclic) bond motifs is 10. The van der Waals surface area contributed by atoms with Gasteiger partial charge in [-0.1, -0.05) is 0 Å². The van der Waals surface area contributed by atoms with Gasteiger partial charge < -0.3 is 14.8 Å². The third-order valence-corrected chi connectivity index (χ3v) is 61.6. The summed E-state index contributed by atoms with van der Waals surface area (Å²) in [5, 5.41) is 3.33. The van der Waals surface area contributed by atoms with Crippen LogP contribution in [0.2, 0.25) is 47.7 Å². The number of nitrogens with one attached hydrogen (secondary N) is 1. The van der Waals surface area contributed by atoms with E-state index in [1.165, 1.54) is 26.8 Å². The Morgan fingerprint density at radius 2 is 1.35 bits per heavy atom. The van der Waals surface area contributed by atoms with E-state index in [1.54, 1.807) is 33.7 Å². The first kappa shape index (κ1) is 10.5. The molecule has 12 heterocycles. The molecule has 12 saturated heterocycles. The Kier molecular flexibility index (Phi) is 0.538. The Balaban J connectivity index is 0.0000000800. The number of hydrogen-bond donors (Lipinski definition) is 1. The standard InChI is InChI=1S/C8H15NO2.C6H7.C5H5.Fe/c1-3-9-4-2-7(1)8-10-5-6-11-8;1-6-4-2-3-5-6;1-2-4-5-3-1;/h7-9H,1-6H2;2-5H,1H3;1-5H;. The molecule has 12 aliphatic heterocycles. The number of ether oxygens (including phenoxy) is 2. The zero-order valence-corrected chi connectivity index (χ0v) is 14.9. The van der Waals surface area contributed by atoms with Crippen molar-refractivity contribution in [1.82, 2.24) is 5.32 Å². The van der Waals surface area contributed by atoms with E-state index in [2.05, 4.69) is 12.2 Å². The molecule has 4 heteroatoms. The first-order chi connectivity index (χ1) is 11.0. The Hall–Kier alpha value is 0.399. The molecule has 0 aromatic carbocycles. The van der Waals surface area contributed by atoms with E-state index in [0.29, 0.717) is 5.92 Å². The van der Waals surface area contributed by atoms with Crippen molar-refractivity contribution in [1.29, 1.82) is 0 Å². The minimum atomic E-state index is -2.45. The SMILES string of the molecule is C1CC(C2OCCO2)CCN1.C[C]12[CH]3[CH]4[CH]5[CH]1[Fe]45321678[CH]2[CH]1[CH]6[CH]7[CH]28. The van der Waals surface area contributed by atoms with E-state index in [0.717, 1.165) is 26.3 Å². The van der Waals surface area contributed by atoms with Crippen LogP contribution in [0.1, 0.15) is 19.8 Å². The van der Waals surface area contributed by atoms with Crippen LogP contribution in [0.15, 0.2) is 0 Å². The Morgan fingerprint density at radius 3 is 1.65 bits per heavy atom. The molecule has 4 atom stereocenters. The van der Waals surface area contributed by atoms with Crippen molar-refractivity contribution >= 4 is 0 Å². The number of piperidine rings is 1. The van der Waals surface area contributed by atoms with E-state index in [1.807, 2.05) is 0 Å². The second-order valence-corrected chi connectivity index (χ2v) is 37.1. The van der Waals surface area contributed by atoms with E-state index in [9.17, 15) is 0 Å². The molecule has 1 N–H and O–H groups in total. The van der Waals surface area contributed by atoms with Crippen LogP contribution in [0.4, 0.5) is 0 Å². The van der Waals surface area contributed by atoms with Crippen LogP contribution in [0.3, 0.4) is 0 Å². The van der Waals surface area contributed by atoms with Gasteiger partial charge in [0.2, 0.25) is 0 Å². The fraction of sp³-hybridized carbons (Fsp3) is 1.00. The van der Waals surface area contributed by atoms with E-state index in [-0.39, 0.29) is 6.29 Å². The van der Waals surface area contributed by atoms with Crippen molar-refractivity contribution in [2.75, 3.05) is 26.3 Å². The fourth-order valence-corrected chi connectivity index (χ4v) is 94.4. The molecule has 12 rings (SSSR count).